The fourth-order valence-electron chi connectivity index (χ4n) is 3.34. The Balaban J connectivity index is 1.50. The van der Waals surface area contributed by atoms with Gasteiger partial charge in [0.2, 0.25) is 10.0 Å². The molecule has 1 saturated carbocycles. The van der Waals surface area contributed by atoms with Gasteiger partial charge in [-0.25, -0.2) is 13.1 Å². The quantitative estimate of drug-likeness (QED) is 0.694. The SMILES string of the molecule is Cc1cc(C)cc(OCCNS(=O)(=O)c2ccc(OC3CCCC3)cc2)c1. The molecule has 1 aliphatic carbocycles. The molecule has 2 aromatic carbocycles. The summed E-state index contributed by atoms with van der Waals surface area (Å²) < 4.78 is 38.9. The standard InChI is InChI=1S/C21H27NO4S/c1-16-13-17(2)15-20(14-16)25-12-11-22-27(23,24)21-9-7-19(8-10-21)26-18-5-3-4-6-18/h7-10,13-15,18,22H,3-6,11-12H2,1-2H3. The lowest BCUT2D eigenvalue weighted by Crippen LogP contribution is -2.28. The van der Waals surface area contributed by atoms with Gasteiger partial charge < -0.3 is 9.47 Å². The summed E-state index contributed by atoms with van der Waals surface area (Å²) in [7, 11) is -3.56. The maximum atomic E-state index is 12.4. The Bertz CT molecular complexity index is 836. The summed E-state index contributed by atoms with van der Waals surface area (Å²) in [6.45, 7) is 4.48. The van der Waals surface area contributed by atoms with E-state index in [2.05, 4.69) is 10.8 Å². The number of sulfonamides is 1. The molecule has 0 amide bonds. The molecular weight excluding hydrogens is 362 g/mol. The summed E-state index contributed by atoms with van der Waals surface area (Å²) in [6, 6.07) is 12.5. The van der Waals surface area contributed by atoms with Crippen LogP contribution in [-0.2, 0) is 10.0 Å². The molecule has 3 rings (SSSR count). The summed E-state index contributed by atoms with van der Waals surface area (Å²) in [5.74, 6) is 1.47. The number of nitrogens with one attached hydrogen (secondary N) is 1. The molecule has 146 valence electrons. The smallest absolute Gasteiger partial charge is 0.240 e. The molecule has 0 aromatic heterocycles. The number of rotatable bonds is 8. The molecule has 1 fully saturated rings. The van der Waals surface area contributed by atoms with Crippen LogP contribution in [0.4, 0.5) is 0 Å². The van der Waals surface area contributed by atoms with Gasteiger partial charge in [0.25, 0.3) is 0 Å². The number of hydrogen-bond acceptors (Lipinski definition) is 4. The third-order valence-electron chi connectivity index (χ3n) is 4.60. The average molecular weight is 390 g/mol. The van der Waals surface area contributed by atoms with E-state index in [0.29, 0.717) is 0 Å². The Kier molecular flexibility index (Phi) is 6.39. The lowest BCUT2D eigenvalue weighted by atomic mass is 10.1. The van der Waals surface area contributed by atoms with Gasteiger partial charge in [0.1, 0.15) is 18.1 Å². The van der Waals surface area contributed by atoms with E-state index in [0.717, 1.165) is 35.5 Å². The third kappa shape index (κ3) is 5.71. The molecule has 0 saturated heterocycles. The van der Waals surface area contributed by atoms with Crippen LogP contribution in [0.2, 0.25) is 0 Å². The van der Waals surface area contributed by atoms with Crippen LogP contribution in [-0.4, -0.2) is 27.7 Å². The van der Waals surface area contributed by atoms with Gasteiger partial charge in [-0.3, -0.25) is 0 Å². The first-order chi connectivity index (χ1) is 12.9. The highest BCUT2D eigenvalue weighted by Crippen LogP contribution is 2.25. The number of aryl methyl sites for hydroxylation is 2. The molecule has 5 nitrogen and oxygen atoms in total. The van der Waals surface area contributed by atoms with Crippen LogP contribution in [0.5, 0.6) is 11.5 Å². The van der Waals surface area contributed by atoms with Crippen LogP contribution in [0.15, 0.2) is 47.4 Å². The first kappa shape index (κ1) is 19.7. The predicted molar refractivity (Wildman–Crippen MR) is 106 cm³/mol. The van der Waals surface area contributed by atoms with Crippen molar-refractivity contribution in [2.24, 2.45) is 0 Å². The van der Waals surface area contributed by atoms with Gasteiger partial charge >= 0.3 is 0 Å². The van der Waals surface area contributed by atoms with Crippen molar-refractivity contribution in [3.63, 3.8) is 0 Å². The van der Waals surface area contributed by atoms with Crippen LogP contribution >= 0.6 is 0 Å². The van der Waals surface area contributed by atoms with Crippen molar-refractivity contribution < 1.29 is 17.9 Å². The van der Waals surface area contributed by atoms with Gasteiger partial charge in [0.05, 0.1) is 11.0 Å². The zero-order valence-electron chi connectivity index (χ0n) is 15.9. The summed E-state index contributed by atoms with van der Waals surface area (Å²) >= 11 is 0. The summed E-state index contributed by atoms with van der Waals surface area (Å²) in [5, 5.41) is 0. The van der Waals surface area contributed by atoms with Crippen molar-refractivity contribution in [3.05, 3.63) is 53.6 Å². The first-order valence-corrected chi connectivity index (χ1v) is 10.9. The molecule has 0 radical (unpaired) electrons. The first-order valence-electron chi connectivity index (χ1n) is 9.40. The van der Waals surface area contributed by atoms with Crippen LogP contribution in [0.25, 0.3) is 0 Å². The van der Waals surface area contributed by atoms with Gasteiger partial charge in [0.15, 0.2) is 0 Å². The maximum absolute atomic E-state index is 12.4. The number of ether oxygens (including phenoxy) is 2. The average Bonchev–Trinajstić information content (AvgIpc) is 3.11. The second-order valence-electron chi connectivity index (χ2n) is 7.07. The second kappa shape index (κ2) is 8.76. The Labute approximate surface area is 161 Å². The van der Waals surface area contributed by atoms with E-state index in [1.807, 2.05) is 26.0 Å². The number of benzene rings is 2. The van der Waals surface area contributed by atoms with Crippen LogP contribution < -0.4 is 14.2 Å². The molecule has 1 aliphatic rings. The fraction of sp³-hybridized carbons (Fsp3) is 0.429. The minimum Gasteiger partial charge on any atom is -0.492 e. The molecule has 0 aliphatic heterocycles. The zero-order chi connectivity index (χ0) is 19.3. The monoisotopic (exact) mass is 389 g/mol. The lowest BCUT2D eigenvalue weighted by Gasteiger charge is -2.13. The highest BCUT2D eigenvalue weighted by Gasteiger charge is 2.17. The minimum atomic E-state index is -3.56. The normalized spacial score (nSPS) is 15.0. The van der Waals surface area contributed by atoms with Gasteiger partial charge in [-0.2, -0.15) is 0 Å². The Morgan fingerprint density at radius 2 is 1.59 bits per heavy atom. The highest BCUT2D eigenvalue weighted by molar-refractivity contribution is 7.89. The predicted octanol–water partition coefficient (Wildman–Crippen LogP) is 3.98. The van der Waals surface area contributed by atoms with Crippen LogP contribution in [0.1, 0.15) is 36.8 Å². The molecule has 0 bridgehead atoms. The van der Waals surface area contributed by atoms with E-state index in [1.165, 1.54) is 12.8 Å². The molecule has 0 heterocycles. The summed E-state index contributed by atoms with van der Waals surface area (Å²) in [6.07, 6.45) is 4.80. The second-order valence-corrected chi connectivity index (χ2v) is 8.83. The molecule has 0 atom stereocenters. The Morgan fingerprint density at radius 1 is 0.963 bits per heavy atom. The molecule has 1 N–H and O–H groups in total. The highest BCUT2D eigenvalue weighted by atomic mass is 32.2. The molecule has 6 heteroatoms. The molecular formula is C21H27NO4S. The van der Waals surface area contributed by atoms with Crippen molar-refractivity contribution in [3.8, 4) is 11.5 Å². The topological polar surface area (TPSA) is 64.6 Å². The molecule has 27 heavy (non-hydrogen) atoms. The summed E-state index contributed by atoms with van der Waals surface area (Å²) in [4.78, 5) is 0.229. The van der Waals surface area contributed by atoms with Gasteiger partial charge in [-0.1, -0.05) is 6.07 Å². The van der Waals surface area contributed by atoms with Crippen molar-refractivity contribution >= 4 is 10.0 Å². The largest absolute Gasteiger partial charge is 0.492 e. The van der Waals surface area contributed by atoms with E-state index in [9.17, 15) is 8.42 Å². The molecule has 0 unspecified atom stereocenters. The van der Waals surface area contributed by atoms with Gasteiger partial charge in [0, 0.05) is 6.54 Å². The van der Waals surface area contributed by atoms with E-state index in [4.69, 9.17) is 9.47 Å². The van der Waals surface area contributed by atoms with Crippen molar-refractivity contribution in [2.75, 3.05) is 13.2 Å². The fourth-order valence-corrected chi connectivity index (χ4v) is 4.35. The maximum Gasteiger partial charge on any atom is 0.240 e. The van der Waals surface area contributed by atoms with Gasteiger partial charge in [-0.05, 0) is 87.1 Å². The lowest BCUT2D eigenvalue weighted by molar-refractivity contribution is 0.210. The van der Waals surface area contributed by atoms with Crippen LogP contribution in [0.3, 0.4) is 0 Å². The summed E-state index contributed by atoms with van der Waals surface area (Å²) in [5.41, 5.74) is 2.23. The Morgan fingerprint density at radius 3 is 2.22 bits per heavy atom. The van der Waals surface area contributed by atoms with E-state index in [1.54, 1.807) is 24.3 Å². The van der Waals surface area contributed by atoms with E-state index < -0.39 is 10.0 Å². The zero-order valence-corrected chi connectivity index (χ0v) is 16.7. The number of hydrogen-bond donors (Lipinski definition) is 1. The minimum absolute atomic E-state index is 0.204. The van der Waals surface area contributed by atoms with E-state index >= 15 is 0 Å². The van der Waals surface area contributed by atoms with Crippen molar-refractivity contribution in [1.29, 1.82) is 0 Å². The van der Waals surface area contributed by atoms with Crippen molar-refractivity contribution in [1.82, 2.24) is 4.72 Å². The van der Waals surface area contributed by atoms with Gasteiger partial charge in [-0.15, -0.1) is 0 Å². The van der Waals surface area contributed by atoms with Crippen LogP contribution in [0, 0.1) is 13.8 Å². The molecule has 0 spiro atoms. The third-order valence-corrected chi connectivity index (χ3v) is 6.07. The molecule has 2 aromatic rings. The Hall–Kier alpha value is -2.05. The van der Waals surface area contributed by atoms with E-state index in [-0.39, 0.29) is 24.2 Å². The van der Waals surface area contributed by atoms with Crippen molar-refractivity contribution in [2.45, 2.75) is 50.5 Å².